The lowest BCUT2D eigenvalue weighted by atomic mass is 9.96. The summed E-state index contributed by atoms with van der Waals surface area (Å²) in [5.41, 5.74) is 3.75. The average molecular weight is 333 g/mol. The van der Waals surface area contributed by atoms with E-state index in [1.807, 2.05) is 43.5 Å². The van der Waals surface area contributed by atoms with Gasteiger partial charge in [-0.15, -0.1) is 0 Å². The smallest absolute Gasteiger partial charge is 0.223 e. The molecule has 1 aliphatic rings. The van der Waals surface area contributed by atoms with Crippen LogP contribution in [0.25, 0.3) is 22.0 Å². The number of aryl methyl sites for hydroxylation is 1. The Labute approximate surface area is 148 Å². The molecule has 1 fully saturated rings. The van der Waals surface area contributed by atoms with E-state index in [1.165, 1.54) is 32.1 Å². The predicted octanol–water partition coefficient (Wildman–Crippen LogP) is 5.06. The lowest BCUT2D eigenvalue weighted by Gasteiger charge is -2.22. The largest absolute Gasteiger partial charge is 0.507 e. The Balaban J connectivity index is 1.68. The Kier molecular flexibility index (Phi) is 4.26. The van der Waals surface area contributed by atoms with Crippen LogP contribution in [0.1, 0.15) is 37.7 Å². The number of rotatable bonds is 3. The molecule has 4 nitrogen and oxygen atoms in total. The molecule has 0 atom stereocenters. The molecule has 0 amide bonds. The SMILES string of the molecule is Cc1ccccc1-c1cc2cnc(NC3CCCCC3)nc2cc1O. The molecule has 2 aromatic carbocycles. The zero-order chi connectivity index (χ0) is 17.2. The molecule has 1 aliphatic carbocycles. The highest BCUT2D eigenvalue weighted by Crippen LogP contribution is 2.34. The summed E-state index contributed by atoms with van der Waals surface area (Å²) in [5, 5.41) is 14.9. The van der Waals surface area contributed by atoms with E-state index < -0.39 is 0 Å². The number of phenols is 1. The predicted molar refractivity (Wildman–Crippen MR) is 102 cm³/mol. The topological polar surface area (TPSA) is 58.0 Å². The number of benzene rings is 2. The van der Waals surface area contributed by atoms with Crippen LogP contribution in [-0.4, -0.2) is 21.1 Å². The van der Waals surface area contributed by atoms with Gasteiger partial charge in [0.25, 0.3) is 0 Å². The summed E-state index contributed by atoms with van der Waals surface area (Å²) in [6.07, 6.45) is 8.07. The third-order valence-corrected chi connectivity index (χ3v) is 5.07. The van der Waals surface area contributed by atoms with Crippen LogP contribution in [0.15, 0.2) is 42.6 Å². The molecule has 0 saturated heterocycles. The molecular weight excluding hydrogens is 310 g/mol. The molecule has 2 N–H and O–H groups in total. The third-order valence-electron chi connectivity index (χ3n) is 5.07. The number of phenolic OH excluding ortho intramolecular Hbond substituents is 1. The quantitative estimate of drug-likeness (QED) is 0.704. The zero-order valence-corrected chi connectivity index (χ0v) is 14.5. The van der Waals surface area contributed by atoms with Crippen molar-refractivity contribution < 1.29 is 5.11 Å². The Morgan fingerprint density at radius 1 is 1.04 bits per heavy atom. The van der Waals surface area contributed by atoms with Crippen LogP contribution in [-0.2, 0) is 0 Å². The lowest BCUT2D eigenvalue weighted by molar-refractivity contribution is 0.461. The highest BCUT2D eigenvalue weighted by atomic mass is 16.3. The fraction of sp³-hybridized carbons (Fsp3) is 0.333. The average Bonchev–Trinajstić information content (AvgIpc) is 2.63. The van der Waals surface area contributed by atoms with Crippen molar-refractivity contribution in [1.29, 1.82) is 0 Å². The van der Waals surface area contributed by atoms with Gasteiger partial charge in [0.2, 0.25) is 5.95 Å². The van der Waals surface area contributed by atoms with Crippen LogP contribution in [0, 0.1) is 6.92 Å². The summed E-state index contributed by atoms with van der Waals surface area (Å²) in [5.74, 6) is 0.909. The lowest BCUT2D eigenvalue weighted by Crippen LogP contribution is -2.23. The van der Waals surface area contributed by atoms with Crippen LogP contribution in [0.2, 0.25) is 0 Å². The molecule has 1 saturated carbocycles. The molecule has 0 radical (unpaired) electrons. The minimum Gasteiger partial charge on any atom is -0.507 e. The number of aromatic hydroxyl groups is 1. The summed E-state index contributed by atoms with van der Waals surface area (Å²) in [4.78, 5) is 9.09. The molecule has 0 spiro atoms. The summed E-state index contributed by atoms with van der Waals surface area (Å²) in [6, 6.07) is 12.2. The van der Waals surface area contributed by atoms with Gasteiger partial charge in [-0.25, -0.2) is 9.97 Å². The van der Waals surface area contributed by atoms with Gasteiger partial charge in [0.15, 0.2) is 0 Å². The fourth-order valence-corrected chi connectivity index (χ4v) is 3.66. The van der Waals surface area contributed by atoms with Crippen molar-refractivity contribution in [2.24, 2.45) is 0 Å². The van der Waals surface area contributed by atoms with Crippen LogP contribution >= 0.6 is 0 Å². The van der Waals surface area contributed by atoms with Crippen LogP contribution in [0.5, 0.6) is 5.75 Å². The van der Waals surface area contributed by atoms with Gasteiger partial charge >= 0.3 is 0 Å². The maximum Gasteiger partial charge on any atom is 0.223 e. The van der Waals surface area contributed by atoms with E-state index in [-0.39, 0.29) is 5.75 Å². The van der Waals surface area contributed by atoms with Crippen molar-refractivity contribution >= 4 is 16.9 Å². The van der Waals surface area contributed by atoms with Gasteiger partial charge in [-0.1, -0.05) is 43.5 Å². The van der Waals surface area contributed by atoms with E-state index in [9.17, 15) is 5.11 Å². The van der Waals surface area contributed by atoms with Crippen LogP contribution in [0.4, 0.5) is 5.95 Å². The van der Waals surface area contributed by atoms with E-state index in [4.69, 9.17) is 0 Å². The number of hydrogen-bond acceptors (Lipinski definition) is 4. The van der Waals surface area contributed by atoms with Crippen LogP contribution < -0.4 is 5.32 Å². The fourth-order valence-electron chi connectivity index (χ4n) is 3.66. The highest BCUT2D eigenvalue weighted by molar-refractivity contribution is 5.88. The van der Waals surface area contributed by atoms with E-state index in [2.05, 4.69) is 15.3 Å². The zero-order valence-electron chi connectivity index (χ0n) is 14.5. The molecule has 128 valence electrons. The molecule has 4 rings (SSSR count). The van der Waals surface area contributed by atoms with Gasteiger partial charge in [-0.2, -0.15) is 0 Å². The summed E-state index contributed by atoms with van der Waals surface area (Å²) >= 11 is 0. The molecule has 4 heteroatoms. The first-order valence-corrected chi connectivity index (χ1v) is 9.03. The van der Waals surface area contributed by atoms with Gasteiger partial charge in [-0.05, 0) is 37.0 Å². The standard InChI is InChI=1S/C21H23N3O/c1-14-7-5-6-10-17(14)18-11-15-13-22-21(24-19(15)12-20(18)25)23-16-8-3-2-4-9-16/h5-7,10-13,16,25H,2-4,8-9H2,1H3,(H,22,23,24). The van der Waals surface area contributed by atoms with E-state index in [1.54, 1.807) is 6.07 Å². The van der Waals surface area contributed by atoms with Crippen LogP contribution in [0.3, 0.4) is 0 Å². The molecule has 3 aromatic rings. The second kappa shape index (κ2) is 6.71. The van der Waals surface area contributed by atoms with Gasteiger partial charge in [0.05, 0.1) is 5.52 Å². The van der Waals surface area contributed by atoms with Gasteiger partial charge < -0.3 is 10.4 Å². The maximum absolute atomic E-state index is 10.5. The normalized spacial score (nSPS) is 15.4. The number of nitrogens with one attached hydrogen (secondary N) is 1. The Morgan fingerprint density at radius 3 is 2.64 bits per heavy atom. The Bertz CT molecular complexity index is 901. The molecule has 1 heterocycles. The van der Waals surface area contributed by atoms with Crippen molar-refractivity contribution in [2.45, 2.75) is 45.1 Å². The number of aromatic nitrogens is 2. The van der Waals surface area contributed by atoms with Crippen molar-refractivity contribution in [3.8, 4) is 16.9 Å². The Morgan fingerprint density at radius 2 is 1.84 bits per heavy atom. The highest BCUT2D eigenvalue weighted by Gasteiger charge is 2.15. The van der Waals surface area contributed by atoms with Gasteiger partial charge in [0, 0.05) is 29.3 Å². The second-order valence-electron chi connectivity index (χ2n) is 6.92. The van der Waals surface area contributed by atoms with Gasteiger partial charge in [0.1, 0.15) is 5.75 Å². The molecular formula is C21H23N3O. The maximum atomic E-state index is 10.5. The molecule has 0 aliphatic heterocycles. The molecule has 25 heavy (non-hydrogen) atoms. The van der Waals surface area contributed by atoms with Crippen molar-refractivity contribution in [1.82, 2.24) is 9.97 Å². The number of fused-ring (bicyclic) bond motifs is 1. The molecule has 0 unspecified atom stereocenters. The van der Waals surface area contributed by atoms with Gasteiger partial charge in [-0.3, -0.25) is 0 Å². The van der Waals surface area contributed by atoms with E-state index >= 15 is 0 Å². The van der Waals surface area contributed by atoms with Crippen molar-refractivity contribution in [2.75, 3.05) is 5.32 Å². The minimum atomic E-state index is 0.254. The van der Waals surface area contributed by atoms with Crippen molar-refractivity contribution in [3.63, 3.8) is 0 Å². The van der Waals surface area contributed by atoms with Crippen molar-refractivity contribution in [3.05, 3.63) is 48.2 Å². The van der Waals surface area contributed by atoms with E-state index in [0.29, 0.717) is 12.0 Å². The van der Waals surface area contributed by atoms with E-state index in [0.717, 1.165) is 27.6 Å². The minimum absolute atomic E-state index is 0.254. The summed E-state index contributed by atoms with van der Waals surface area (Å²) < 4.78 is 0. The third kappa shape index (κ3) is 3.29. The number of hydrogen-bond donors (Lipinski definition) is 2. The number of nitrogens with zero attached hydrogens (tertiary/aromatic N) is 2. The monoisotopic (exact) mass is 333 g/mol. The summed E-state index contributed by atoms with van der Waals surface area (Å²) in [7, 11) is 0. The number of anilines is 1. The second-order valence-corrected chi connectivity index (χ2v) is 6.92. The first kappa shape index (κ1) is 15.9. The molecule has 0 bridgehead atoms. The first-order valence-electron chi connectivity index (χ1n) is 9.03. The molecule has 1 aromatic heterocycles. The Hall–Kier alpha value is -2.62. The first-order chi connectivity index (χ1) is 12.2. The summed E-state index contributed by atoms with van der Waals surface area (Å²) in [6.45, 7) is 2.05.